The zero-order valence-electron chi connectivity index (χ0n) is 15.5. The summed E-state index contributed by atoms with van der Waals surface area (Å²) in [5, 5.41) is 13.6. The van der Waals surface area contributed by atoms with Gasteiger partial charge in [0.25, 0.3) is 0 Å². The van der Waals surface area contributed by atoms with Crippen LogP contribution in [-0.2, 0) is 4.79 Å². The second-order valence-corrected chi connectivity index (χ2v) is 7.92. The quantitative estimate of drug-likeness (QED) is 0.817. The summed E-state index contributed by atoms with van der Waals surface area (Å²) in [7, 11) is 0. The molecule has 1 unspecified atom stereocenters. The monoisotopic (exact) mass is 362 g/mol. The van der Waals surface area contributed by atoms with Crippen LogP contribution in [0.1, 0.15) is 56.6 Å². The number of halogens is 1. The van der Waals surface area contributed by atoms with Crippen molar-refractivity contribution in [2.75, 3.05) is 26.2 Å². The molecule has 1 aliphatic carbocycles. The van der Waals surface area contributed by atoms with Gasteiger partial charge in [0.15, 0.2) is 0 Å². The van der Waals surface area contributed by atoms with Crippen LogP contribution in [0, 0.1) is 17.7 Å². The normalized spacial score (nSPS) is 21.5. The Morgan fingerprint density at radius 2 is 1.77 bits per heavy atom. The van der Waals surface area contributed by atoms with E-state index in [-0.39, 0.29) is 17.6 Å². The number of carbonyl (C=O) groups excluding carboxylic acids is 1. The molecular formula is C21H31FN2O2. The first-order valence-electron chi connectivity index (χ1n) is 10.0. The van der Waals surface area contributed by atoms with Crippen LogP contribution in [-0.4, -0.2) is 42.1 Å². The smallest absolute Gasteiger partial charge is 0.234 e. The molecule has 1 amide bonds. The van der Waals surface area contributed by atoms with Crippen molar-refractivity contribution < 1.29 is 14.3 Å². The van der Waals surface area contributed by atoms with E-state index in [9.17, 15) is 14.3 Å². The highest BCUT2D eigenvalue weighted by atomic mass is 19.1. The average molecular weight is 362 g/mol. The Morgan fingerprint density at radius 3 is 2.42 bits per heavy atom. The molecule has 3 rings (SSSR count). The Labute approximate surface area is 155 Å². The molecule has 1 saturated heterocycles. The molecule has 144 valence electrons. The van der Waals surface area contributed by atoms with Gasteiger partial charge in [-0.1, -0.05) is 31.4 Å². The minimum Gasteiger partial charge on any atom is -0.388 e. The van der Waals surface area contributed by atoms with Crippen LogP contribution in [0.3, 0.4) is 0 Å². The number of likely N-dealkylation sites (tertiary alicyclic amines) is 1. The van der Waals surface area contributed by atoms with Gasteiger partial charge in [0, 0.05) is 6.54 Å². The third-order valence-corrected chi connectivity index (χ3v) is 5.97. The van der Waals surface area contributed by atoms with E-state index in [0.29, 0.717) is 12.5 Å². The molecule has 0 radical (unpaired) electrons. The van der Waals surface area contributed by atoms with Crippen molar-refractivity contribution in [2.24, 2.45) is 11.8 Å². The number of carbonyl (C=O) groups is 1. The first kappa shape index (κ1) is 19.3. The molecule has 2 aliphatic rings. The summed E-state index contributed by atoms with van der Waals surface area (Å²) in [5.41, 5.74) is 0.773. The fourth-order valence-electron chi connectivity index (χ4n) is 4.27. The lowest BCUT2D eigenvalue weighted by Gasteiger charge is -2.34. The molecule has 4 nitrogen and oxygen atoms in total. The second kappa shape index (κ2) is 9.47. The standard InChI is InChI=1S/C21H31FN2O2/c22-19-8-6-17(7-9-19)21(26)18-10-12-24(13-11-18)15-20(25)23-14-16-4-2-1-3-5-16/h6-9,16,18,21,26H,1-5,10-15H2,(H,23,25). The summed E-state index contributed by atoms with van der Waals surface area (Å²) in [4.78, 5) is 14.4. The van der Waals surface area contributed by atoms with Crippen molar-refractivity contribution in [1.82, 2.24) is 10.2 Å². The van der Waals surface area contributed by atoms with E-state index in [0.717, 1.165) is 38.0 Å². The average Bonchev–Trinajstić information content (AvgIpc) is 2.68. The van der Waals surface area contributed by atoms with E-state index < -0.39 is 6.10 Å². The Morgan fingerprint density at radius 1 is 1.12 bits per heavy atom. The number of hydrogen-bond donors (Lipinski definition) is 2. The predicted octanol–water partition coefficient (Wildman–Crippen LogP) is 3.27. The van der Waals surface area contributed by atoms with Gasteiger partial charge in [-0.05, 0) is 68.3 Å². The van der Waals surface area contributed by atoms with Gasteiger partial charge >= 0.3 is 0 Å². The number of rotatable bonds is 6. The van der Waals surface area contributed by atoms with Gasteiger partial charge in [0.2, 0.25) is 5.91 Å². The van der Waals surface area contributed by atoms with Crippen molar-refractivity contribution >= 4 is 5.91 Å². The summed E-state index contributed by atoms with van der Waals surface area (Å²) < 4.78 is 13.0. The topological polar surface area (TPSA) is 52.6 Å². The number of benzene rings is 1. The van der Waals surface area contributed by atoms with Crippen LogP contribution in [0.2, 0.25) is 0 Å². The molecule has 5 heteroatoms. The maximum atomic E-state index is 13.0. The van der Waals surface area contributed by atoms with Crippen LogP contribution in [0.25, 0.3) is 0 Å². The first-order valence-corrected chi connectivity index (χ1v) is 10.0. The maximum Gasteiger partial charge on any atom is 0.234 e. The first-order chi connectivity index (χ1) is 12.6. The molecule has 0 bridgehead atoms. The van der Waals surface area contributed by atoms with Crippen LogP contribution >= 0.6 is 0 Å². The Kier molecular flexibility index (Phi) is 7.03. The van der Waals surface area contributed by atoms with Crippen molar-refractivity contribution in [3.8, 4) is 0 Å². The van der Waals surface area contributed by atoms with E-state index in [1.54, 1.807) is 12.1 Å². The van der Waals surface area contributed by atoms with Crippen molar-refractivity contribution in [1.29, 1.82) is 0 Å². The zero-order valence-corrected chi connectivity index (χ0v) is 15.5. The van der Waals surface area contributed by atoms with Crippen LogP contribution < -0.4 is 5.32 Å². The summed E-state index contributed by atoms with van der Waals surface area (Å²) in [6.07, 6.45) is 7.57. The second-order valence-electron chi connectivity index (χ2n) is 7.92. The van der Waals surface area contributed by atoms with E-state index >= 15 is 0 Å². The van der Waals surface area contributed by atoms with Gasteiger partial charge < -0.3 is 10.4 Å². The van der Waals surface area contributed by atoms with Crippen molar-refractivity contribution in [2.45, 2.75) is 51.0 Å². The van der Waals surface area contributed by atoms with Crippen LogP contribution in [0.15, 0.2) is 24.3 Å². The number of nitrogens with zero attached hydrogens (tertiary/aromatic N) is 1. The molecule has 1 atom stereocenters. The molecule has 0 spiro atoms. The van der Waals surface area contributed by atoms with E-state index in [1.165, 1.54) is 44.2 Å². The number of aliphatic hydroxyl groups is 1. The maximum absolute atomic E-state index is 13.0. The summed E-state index contributed by atoms with van der Waals surface area (Å²) >= 11 is 0. The predicted molar refractivity (Wildman–Crippen MR) is 100 cm³/mol. The third-order valence-electron chi connectivity index (χ3n) is 5.97. The Bertz CT molecular complexity index is 564. The highest BCUT2D eigenvalue weighted by Gasteiger charge is 2.27. The largest absolute Gasteiger partial charge is 0.388 e. The molecule has 2 N–H and O–H groups in total. The lowest BCUT2D eigenvalue weighted by atomic mass is 9.87. The minimum atomic E-state index is -0.558. The van der Waals surface area contributed by atoms with Gasteiger partial charge in [0.1, 0.15) is 5.82 Å². The van der Waals surface area contributed by atoms with Gasteiger partial charge in [-0.15, -0.1) is 0 Å². The molecule has 1 aromatic rings. The van der Waals surface area contributed by atoms with Crippen LogP contribution in [0.4, 0.5) is 4.39 Å². The molecule has 1 saturated carbocycles. The molecule has 1 aromatic carbocycles. The SMILES string of the molecule is O=C(CN1CCC(C(O)c2ccc(F)cc2)CC1)NCC1CCCCC1. The number of amides is 1. The minimum absolute atomic E-state index is 0.119. The zero-order chi connectivity index (χ0) is 18.4. The number of nitrogens with one attached hydrogen (secondary N) is 1. The lowest BCUT2D eigenvalue weighted by molar-refractivity contribution is -0.123. The summed E-state index contributed by atoms with van der Waals surface area (Å²) in [5.74, 6) is 0.661. The Hall–Kier alpha value is -1.46. The highest BCUT2D eigenvalue weighted by Crippen LogP contribution is 2.30. The van der Waals surface area contributed by atoms with Gasteiger partial charge in [-0.3, -0.25) is 9.69 Å². The van der Waals surface area contributed by atoms with Crippen molar-refractivity contribution in [3.05, 3.63) is 35.6 Å². The van der Waals surface area contributed by atoms with E-state index in [1.807, 2.05) is 0 Å². The fourth-order valence-corrected chi connectivity index (χ4v) is 4.27. The molecule has 2 fully saturated rings. The van der Waals surface area contributed by atoms with E-state index in [4.69, 9.17) is 0 Å². The van der Waals surface area contributed by atoms with Crippen molar-refractivity contribution in [3.63, 3.8) is 0 Å². The number of piperidine rings is 1. The van der Waals surface area contributed by atoms with Crippen LogP contribution in [0.5, 0.6) is 0 Å². The van der Waals surface area contributed by atoms with Gasteiger partial charge in [-0.2, -0.15) is 0 Å². The summed E-state index contributed by atoms with van der Waals surface area (Å²) in [6.45, 7) is 2.91. The fraction of sp³-hybridized carbons (Fsp3) is 0.667. The number of hydrogen-bond acceptors (Lipinski definition) is 3. The van der Waals surface area contributed by atoms with E-state index in [2.05, 4.69) is 10.2 Å². The molecule has 26 heavy (non-hydrogen) atoms. The Balaban J connectivity index is 1.37. The molecule has 1 aliphatic heterocycles. The summed E-state index contributed by atoms with van der Waals surface area (Å²) in [6, 6.07) is 6.10. The van der Waals surface area contributed by atoms with Gasteiger partial charge in [0.05, 0.1) is 12.6 Å². The lowest BCUT2D eigenvalue weighted by Crippen LogP contribution is -2.43. The molecule has 1 heterocycles. The number of aliphatic hydroxyl groups excluding tert-OH is 1. The third kappa shape index (κ3) is 5.52. The molecular weight excluding hydrogens is 331 g/mol. The molecule has 0 aromatic heterocycles. The highest BCUT2D eigenvalue weighted by molar-refractivity contribution is 5.78. The van der Waals surface area contributed by atoms with Gasteiger partial charge in [-0.25, -0.2) is 4.39 Å².